The first kappa shape index (κ1) is 29.1. The summed E-state index contributed by atoms with van der Waals surface area (Å²) < 4.78 is 13.9. The number of anilines is 3. The average molecular weight is 634 g/mol. The van der Waals surface area contributed by atoms with Gasteiger partial charge in [0, 0.05) is 27.4 Å². The fraction of sp³-hybridized carbons (Fsp3) is 0.286. The SMILES string of the molecule is CC(C)(C)c1ccc2c(c1)B1c3cc4c(cc3Oc3cc(N5c6ccccc6Sc6ccccc65)cc(c31)O2)C(C)(C)CCC4(C)C. The fourth-order valence-corrected chi connectivity index (χ4v) is 9.18. The third kappa shape index (κ3) is 4.35. The van der Waals surface area contributed by atoms with Gasteiger partial charge in [-0.25, -0.2) is 0 Å². The molecule has 0 fully saturated rings. The first-order chi connectivity index (χ1) is 22.4. The lowest BCUT2D eigenvalue weighted by molar-refractivity contribution is 0.330. The highest BCUT2D eigenvalue weighted by atomic mass is 32.2. The van der Waals surface area contributed by atoms with Crippen molar-refractivity contribution < 1.29 is 9.47 Å². The molecule has 0 amide bonds. The summed E-state index contributed by atoms with van der Waals surface area (Å²) in [7, 11) is 0. The summed E-state index contributed by atoms with van der Waals surface area (Å²) in [5.41, 5.74) is 11.4. The minimum Gasteiger partial charge on any atom is -0.458 e. The molecule has 47 heavy (non-hydrogen) atoms. The van der Waals surface area contributed by atoms with E-state index in [-0.39, 0.29) is 23.0 Å². The second-order valence-electron chi connectivity index (χ2n) is 16.1. The molecule has 0 bridgehead atoms. The molecule has 9 rings (SSSR count). The molecule has 0 aromatic heterocycles. The Labute approximate surface area is 283 Å². The Kier molecular flexibility index (Phi) is 6.02. The van der Waals surface area contributed by atoms with Gasteiger partial charge >= 0.3 is 0 Å². The van der Waals surface area contributed by atoms with E-state index in [1.54, 1.807) is 0 Å². The van der Waals surface area contributed by atoms with Crippen LogP contribution in [0.4, 0.5) is 17.1 Å². The Morgan fingerprint density at radius 2 is 1.19 bits per heavy atom. The van der Waals surface area contributed by atoms with Gasteiger partial charge in [-0.2, -0.15) is 0 Å². The van der Waals surface area contributed by atoms with Crippen LogP contribution in [0.3, 0.4) is 0 Å². The molecule has 3 aliphatic heterocycles. The van der Waals surface area contributed by atoms with Crippen molar-refractivity contribution in [1.29, 1.82) is 0 Å². The smallest absolute Gasteiger partial charge is 0.260 e. The quantitative estimate of drug-likeness (QED) is 0.168. The molecule has 5 heteroatoms. The number of fused-ring (bicyclic) bond motifs is 7. The van der Waals surface area contributed by atoms with Crippen LogP contribution < -0.4 is 30.8 Å². The van der Waals surface area contributed by atoms with E-state index in [2.05, 4.69) is 144 Å². The Balaban J connectivity index is 1.30. The zero-order valence-corrected chi connectivity index (χ0v) is 29.1. The molecule has 234 valence electrons. The van der Waals surface area contributed by atoms with E-state index in [1.807, 2.05) is 11.8 Å². The number of benzene rings is 5. The lowest BCUT2D eigenvalue weighted by Crippen LogP contribution is -2.58. The van der Waals surface area contributed by atoms with Gasteiger partial charge in [0.15, 0.2) is 0 Å². The molecule has 0 spiro atoms. The molecule has 5 aromatic carbocycles. The van der Waals surface area contributed by atoms with Crippen molar-refractivity contribution in [3.63, 3.8) is 0 Å². The minimum atomic E-state index is 0.0188. The lowest BCUT2D eigenvalue weighted by atomic mass is 9.34. The molecule has 0 N–H and O–H groups in total. The average Bonchev–Trinajstić information content (AvgIpc) is 3.04. The predicted molar refractivity (Wildman–Crippen MR) is 197 cm³/mol. The third-order valence-electron chi connectivity index (χ3n) is 11.0. The lowest BCUT2D eigenvalue weighted by Gasteiger charge is -2.43. The van der Waals surface area contributed by atoms with Crippen LogP contribution in [0.1, 0.15) is 78.0 Å². The highest BCUT2D eigenvalue weighted by Gasteiger charge is 2.45. The van der Waals surface area contributed by atoms with Crippen molar-refractivity contribution in [3.05, 3.63) is 108 Å². The molecule has 3 nitrogen and oxygen atoms in total. The van der Waals surface area contributed by atoms with Crippen molar-refractivity contribution in [2.45, 2.75) is 87.3 Å². The molecule has 0 radical (unpaired) electrons. The van der Waals surface area contributed by atoms with Crippen LogP contribution in [0.15, 0.2) is 101 Å². The van der Waals surface area contributed by atoms with Crippen molar-refractivity contribution >= 4 is 51.9 Å². The molecule has 0 saturated carbocycles. The summed E-state index contributed by atoms with van der Waals surface area (Å²) in [5.74, 6) is 3.65. The van der Waals surface area contributed by atoms with Crippen LogP contribution in [0, 0.1) is 0 Å². The Bertz CT molecular complexity index is 2100. The summed E-state index contributed by atoms with van der Waals surface area (Å²) in [5, 5.41) is 0. The van der Waals surface area contributed by atoms with Gasteiger partial charge in [-0.3, -0.25) is 0 Å². The predicted octanol–water partition coefficient (Wildman–Crippen LogP) is 10.00. The highest BCUT2D eigenvalue weighted by molar-refractivity contribution is 7.99. The zero-order chi connectivity index (χ0) is 32.5. The first-order valence-corrected chi connectivity index (χ1v) is 17.7. The van der Waals surface area contributed by atoms with Gasteiger partial charge in [-0.15, -0.1) is 0 Å². The molecule has 4 aliphatic rings. The van der Waals surface area contributed by atoms with Crippen LogP contribution in [-0.2, 0) is 16.2 Å². The number of nitrogens with zero attached hydrogens (tertiary/aromatic N) is 1. The maximum atomic E-state index is 7.06. The molecule has 1 aliphatic carbocycles. The van der Waals surface area contributed by atoms with E-state index in [0.717, 1.165) is 40.6 Å². The highest BCUT2D eigenvalue weighted by Crippen LogP contribution is 2.53. The summed E-state index contributed by atoms with van der Waals surface area (Å²) >= 11 is 1.82. The molecule has 0 atom stereocenters. The Morgan fingerprint density at radius 1 is 0.638 bits per heavy atom. The summed E-state index contributed by atoms with van der Waals surface area (Å²) in [4.78, 5) is 4.84. The van der Waals surface area contributed by atoms with E-state index in [4.69, 9.17) is 9.47 Å². The zero-order valence-electron chi connectivity index (χ0n) is 28.3. The van der Waals surface area contributed by atoms with Crippen LogP contribution in [0.2, 0.25) is 0 Å². The van der Waals surface area contributed by atoms with Gasteiger partial charge in [-0.1, -0.05) is 103 Å². The van der Waals surface area contributed by atoms with E-state index in [1.165, 1.54) is 55.2 Å². The van der Waals surface area contributed by atoms with Gasteiger partial charge < -0.3 is 14.4 Å². The normalized spacial score (nSPS) is 17.6. The summed E-state index contributed by atoms with van der Waals surface area (Å²) in [6, 6.07) is 33.5. The topological polar surface area (TPSA) is 21.7 Å². The number of hydrogen-bond donors (Lipinski definition) is 0. The van der Waals surface area contributed by atoms with E-state index in [0.29, 0.717) is 0 Å². The van der Waals surface area contributed by atoms with Gasteiger partial charge in [0.2, 0.25) is 0 Å². The standard InChI is InChI=1S/C42H40BNO2S/c1-40(2,3)25-16-17-33-29(20-25)43-30-23-27-28(42(6,7)19-18-41(27,4)5)24-34(30)46-36-22-26(21-35(45-33)39(36)43)44-31-12-8-10-14-37(31)47-38-15-11-9-13-32(38)44/h8-17,20-24H,18-19H2,1-7H3. The Morgan fingerprint density at radius 3 is 1.81 bits per heavy atom. The van der Waals surface area contributed by atoms with Gasteiger partial charge in [0.05, 0.1) is 17.1 Å². The summed E-state index contributed by atoms with van der Waals surface area (Å²) in [6.07, 6.45) is 2.34. The van der Waals surface area contributed by atoms with E-state index in [9.17, 15) is 0 Å². The Hall–Kier alpha value is -4.09. The van der Waals surface area contributed by atoms with Gasteiger partial charge in [0.25, 0.3) is 6.71 Å². The second kappa shape index (κ2) is 9.73. The van der Waals surface area contributed by atoms with E-state index >= 15 is 0 Å². The number of ether oxygens (including phenoxy) is 2. The number of rotatable bonds is 1. The van der Waals surface area contributed by atoms with Crippen molar-refractivity contribution in [1.82, 2.24) is 0 Å². The van der Waals surface area contributed by atoms with Gasteiger partial charge in [-0.05, 0) is 93.1 Å². The first-order valence-electron chi connectivity index (χ1n) is 16.9. The van der Waals surface area contributed by atoms with Crippen molar-refractivity contribution in [3.8, 4) is 23.0 Å². The molecular formula is C42H40BNO2S. The third-order valence-corrected chi connectivity index (χ3v) is 12.1. The monoisotopic (exact) mass is 633 g/mol. The number of hydrogen-bond acceptors (Lipinski definition) is 4. The second-order valence-corrected chi connectivity index (χ2v) is 17.2. The number of para-hydroxylation sites is 2. The maximum Gasteiger partial charge on any atom is 0.260 e. The van der Waals surface area contributed by atoms with E-state index < -0.39 is 0 Å². The molecule has 0 unspecified atom stereocenters. The van der Waals surface area contributed by atoms with Gasteiger partial charge in [0.1, 0.15) is 23.0 Å². The molecule has 3 heterocycles. The van der Waals surface area contributed by atoms with Crippen molar-refractivity contribution in [2.75, 3.05) is 4.90 Å². The van der Waals surface area contributed by atoms with Crippen molar-refractivity contribution in [2.24, 2.45) is 0 Å². The van der Waals surface area contributed by atoms with Crippen LogP contribution >= 0.6 is 11.8 Å². The minimum absolute atomic E-state index is 0.0188. The largest absolute Gasteiger partial charge is 0.458 e. The molecule has 5 aromatic rings. The van der Waals surface area contributed by atoms with Crippen LogP contribution in [-0.4, -0.2) is 6.71 Å². The summed E-state index contributed by atoms with van der Waals surface area (Å²) in [6.45, 7) is 16.5. The van der Waals surface area contributed by atoms with Crippen LogP contribution in [0.25, 0.3) is 0 Å². The molecular weight excluding hydrogens is 593 g/mol. The molecule has 0 saturated heterocycles. The maximum absolute atomic E-state index is 7.06. The fourth-order valence-electron chi connectivity index (χ4n) is 8.13. The van der Waals surface area contributed by atoms with Crippen LogP contribution in [0.5, 0.6) is 23.0 Å².